The van der Waals surface area contributed by atoms with Gasteiger partial charge in [0.2, 0.25) is 0 Å². The Morgan fingerprint density at radius 1 is 0.852 bits per heavy atom. The fourth-order valence-corrected chi connectivity index (χ4v) is 9.24. The molecular formula is C44H44O10. The number of Topliss-reactive ketones (excluding diaryl/α,β-unsaturated/α-hetero) is 1. The van der Waals surface area contributed by atoms with Gasteiger partial charge in [-0.15, -0.1) is 0 Å². The zero-order chi connectivity index (χ0) is 37.9. The molecule has 0 amide bonds. The van der Waals surface area contributed by atoms with Crippen LogP contribution in [-0.4, -0.2) is 61.1 Å². The number of ketones is 1. The largest absolute Gasteiger partial charge is 0.508 e. The summed E-state index contributed by atoms with van der Waals surface area (Å²) < 4.78 is 12.0. The van der Waals surface area contributed by atoms with Gasteiger partial charge in [-0.1, -0.05) is 36.1 Å². The lowest BCUT2D eigenvalue weighted by molar-refractivity contribution is -0.170. The average Bonchev–Trinajstić information content (AvgIpc) is 3.28. The molecule has 8 rings (SSSR count). The van der Waals surface area contributed by atoms with Crippen LogP contribution in [0.1, 0.15) is 96.2 Å². The summed E-state index contributed by atoms with van der Waals surface area (Å²) in [5, 5.41) is 56.6. The molecule has 0 saturated heterocycles. The van der Waals surface area contributed by atoms with Crippen LogP contribution in [0, 0.1) is 23.7 Å². The van der Waals surface area contributed by atoms with E-state index in [4.69, 9.17) is 9.47 Å². The predicted molar refractivity (Wildman–Crippen MR) is 196 cm³/mol. The maximum Gasteiger partial charge on any atom is 0.334 e. The Kier molecular flexibility index (Phi) is 9.37. The molecule has 5 aliphatic rings. The number of hydrogen-bond donors (Lipinski definition) is 5. The fraction of sp³-hybridized carbons (Fsp3) is 0.432. The molecular weight excluding hydrogens is 688 g/mol. The topological polar surface area (TPSA) is 171 Å². The first-order valence-corrected chi connectivity index (χ1v) is 18.8. The number of aryl methyl sites for hydroxylation is 1. The van der Waals surface area contributed by atoms with E-state index in [0.29, 0.717) is 59.9 Å². The molecule has 0 aromatic heterocycles. The Morgan fingerprint density at radius 2 is 1.67 bits per heavy atom. The molecule has 3 aromatic rings. The molecule has 5 N–H and O–H groups in total. The molecule has 3 aliphatic heterocycles. The van der Waals surface area contributed by atoms with Crippen LogP contribution < -0.4 is 4.74 Å². The quantitative estimate of drug-likeness (QED) is 0.141. The molecule has 9 bridgehead atoms. The number of ether oxygens (including phenoxy) is 2. The van der Waals surface area contributed by atoms with E-state index in [0.717, 1.165) is 16.7 Å². The lowest BCUT2D eigenvalue weighted by Gasteiger charge is -2.42. The number of esters is 2. The van der Waals surface area contributed by atoms with Crippen molar-refractivity contribution >= 4 is 17.7 Å². The van der Waals surface area contributed by atoms with Gasteiger partial charge in [0.1, 0.15) is 34.7 Å². The van der Waals surface area contributed by atoms with Gasteiger partial charge in [0, 0.05) is 48.3 Å². The minimum Gasteiger partial charge on any atom is -0.508 e. The number of aliphatic hydroxyl groups is 3. The monoisotopic (exact) mass is 732 g/mol. The maximum atomic E-state index is 14.9. The first kappa shape index (κ1) is 36.0. The Bertz CT molecular complexity index is 2150. The number of phenols is 2. The summed E-state index contributed by atoms with van der Waals surface area (Å²) in [4.78, 5) is 41.1. The van der Waals surface area contributed by atoms with Crippen molar-refractivity contribution in [2.24, 2.45) is 11.8 Å². The van der Waals surface area contributed by atoms with Crippen molar-refractivity contribution in [2.75, 3.05) is 0 Å². The number of aromatic hydroxyl groups is 2. The van der Waals surface area contributed by atoms with Crippen molar-refractivity contribution in [3.05, 3.63) is 98.6 Å². The van der Waals surface area contributed by atoms with Gasteiger partial charge in [0.25, 0.3) is 0 Å². The number of fused-ring (bicyclic) bond motifs is 9. The highest BCUT2D eigenvalue weighted by atomic mass is 16.6. The molecule has 10 nitrogen and oxygen atoms in total. The number of phenolic OH excluding ortho intramolecular Hbond substituents is 2. The number of hydrogen-bond acceptors (Lipinski definition) is 10. The van der Waals surface area contributed by atoms with Crippen LogP contribution in [-0.2, 0) is 51.4 Å². The third-order valence-corrected chi connectivity index (χ3v) is 12.4. The summed E-state index contributed by atoms with van der Waals surface area (Å²) >= 11 is 0. The van der Waals surface area contributed by atoms with E-state index in [1.807, 2.05) is 12.1 Å². The predicted octanol–water partition coefficient (Wildman–Crippen LogP) is 4.77. The van der Waals surface area contributed by atoms with Gasteiger partial charge in [0.15, 0.2) is 0 Å². The van der Waals surface area contributed by atoms with Crippen molar-refractivity contribution in [2.45, 2.75) is 107 Å². The zero-order valence-electron chi connectivity index (χ0n) is 30.1. The molecule has 10 heteroatoms. The normalized spacial score (nSPS) is 29.4. The first-order chi connectivity index (χ1) is 25.9. The van der Waals surface area contributed by atoms with Gasteiger partial charge in [0.05, 0.1) is 25.0 Å². The molecule has 1 saturated carbocycles. The summed E-state index contributed by atoms with van der Waals surface area (Å²) in [6.07, 6.45) is 0.159. The van der Waals surface area contributed by atoms with Crippen molar-refractivity contribution < 1.29 is 49.4 Å². The molecule has 7 atom stereocenters. The number of carbonyl (C=O) groups excluding carboxylic acids is 3. The van der Waals surface area contributed by atoms with Crippen LogP contribution in [0.25, 0.3) is 0 Å². The minimum atomic E-state index is -1.66. The number of benzene rings is 3. The van der Waals surface area contributed by atoms with E-state index in [9.17, 15) is 39.9 Å². The van der Waals surface area contributed by atoms with E-state index in [-0.39, 0.29) is 73.2 Å². The highest BCUT2D eigenvalue weighted by Crippen LogP contribution is 2.44. The summed E-state index contributed by atoms with van der Waals surface area (Å²) in [5.41, 5.74) is 3.85. The van der Waals surface area contributed by atoms with Gasteiger partial charge >= 0.3 is 11.9 Å². The van der Waals surface area contributed by atoms with Crippen LogP contribution in [0.4, 0.5) is 0 Å². The standard InChI is InChI=1S/C44H44O10/c1-44(52)32-7-9-37(47)30(14-32)11-23-2-3-25-6-8-34(39(49)18-29(25)10-23)36-16-26(28-12-24(22-45)13-33(46)15-28)4-5-27-20-42(50)53-40-21-38(48)31(17-35(27)40)19-41(44)54-43(36)51/h2-3,10,12-13,15,17,21,26-27,30,32,39,41,45-46,48-49,52H,6-9,11,14,16,18-20,22H2,1H3/t26-,27+,30-,32+,39-,41?,44+/m0/s1. The first-order valence-electron chi connectivity index (χ1n) is 18.8. The second-order valence-electron chi connectivity index (χ2n) is 15.9. The van der Waals surface area contributed by atoms with Crippen molar-refractivity contribution in [1.82, 2.24) is 0 Å². The summed E-state index contributed by atoms with van der Waals surface area (Å²) in [5.74, 6) is 3.03. The summed E-state index contributed by atoms with van der Waals surface area (Å²) in [6, 6.07) is 13.8. The summed E-state index contributed by atoms with van der Waals surface area (Å²) in [6.45, 7) is 1.28. The highest BCUT2D eigenvalue weighted by molar-refractivity contribution is 5.90. The Morgan fingerprint density at radius 3 is 2.48 bits per heavy atom. The molecule has 1 unspecified atom stereocenters. The minimum absolute atomic E-state index is 0.0458. The van der Waals surface area contributed by atoms with Crippen molar-refractivity contribution in [3.8, 4) is 29.1 Å². The van der Waals surface area contributed by atoms with Gasteiger partial charge in [-0.2, -0.15) is 0 Å². The lowest BCUT2D eigenvalue weighted by atomic mass is 9.68. The van der Waals surface area contributed by atoms with Gasteiger partial charge in [-0.25, -0.2) is 4.79 Å². The maximum absolute atomic E-state index is 14.9. The van der Waals surface area contributed by atoms with Crippen LogP contribution in [0.2, 0.25) is 0 Å². The van der Waals surface area contributed by atoms with E-state index < -0.39 is 47.5 Å². The third-order valence-electron chi connectivity index (χ3n) is 12.4. The highest BCUT2D eigenvalue weighted by Gasteiger charge is 2.47. The molecule has 280 valence electrons. The fourth-order valence-electron chi connectivity index (χ4n) is 9.24. The van der Waals surface area contributed by atoms with E-state index in [1.54, 1.807) is 19.1 Å². The third kappa shape index (κ3) is 6.81. The Labute approximate surface area is 313 Å². The molecule has 0 radical (unpaired) electrons. The SMILES string of the molecule is C[C@]1(O)C2Cc3cc4c(cc3O)OC(=O)C[C@H]4C#C[C@H](c3cc(O)cc(CO)c3)CC(=C3CCc4ccc(cc4C[C@@H]3O)C[C@H]3C[C@H]1CCC3=O)C(=O)O2. The molecule has 3 aromatic carbocycles. The van der Waals surface area contributed by atoms with Crippen molar-refractivity contribution in [3.63, 3.8) is 0 Å². The number of rotatable bonds is 2. The summed E-state index contributed by atoms with van der Waals surface area (Å²) in [7, 11) is 0. The molecule has 2 aliphatic carbocycles. The molecule has 0 spiro atoms. The lowest BCUT2D eigenvalue weighted by Crippen LogP contribution is -2.52. The number of aliphatic hydroxyl groups excluding tert-OH is 2. The average molecular weight is 733 g/mol. The zero-order valence-corrected chi connectivity index (χ0v) is 30.1. The smallest absolute Gasteiger partial charge is 0.334 e. The van der Waals surface area contributed by atoms with Gasteiger partial charge in [-0.3, -0.25) is 9.59 Å². The van der Waals surface area contributed by atoms with Crippen LogP contribution >= 0.6 is 0 Å². The van der Waals surface area contributed by atoms with Gasteiger partial charge in [-0.05, 0) is 109 Å². The molecule has 54 heavy (non-hydrogen) atoms. The molecule has 1 fully saturated rings. The van der Waals surface area contributed by atoms with Crippen molar-refractivity contribution in [1.29, 1.82) is 0 Å². The van der Waals surface area contributed by atoms with Crippen LogP contribution in [0.5, 0.6) is 17.2 Å². The second kappa shape index (κ2) is 14.0. The van der Waals surface area contributed by atoms with E-state index in [2.05, 4.69) is 17.9 Å². The Hall–Kier alpha value is -4.95. The van der Waals surface area contributed by atoms with Crippen LogP contribution in [0.3, 0.4) is 0 Å². The van der Waals surface area contributed by atoms with Gasteiger partial charge < -0.3 is 35.0 Å². The second-order valence-corrected chi connectivity index (χ2v) is 15.9. The van der Waals surface area contributed by atoms with E-state index in [1.165, 1.54) is 18.2 Å². The van der Waals surface area contributed by atoms with Crippen LogP contribution in [0.15, 0.2) is 59.7 Å². The Balaban J connectivity index is 1.36. The molecule has 3 heterocycles. The number of carbonyl (C=O) groups is 3. The van der Waals surface area contributed by atoms with E-state index >= 15 is 0 Å².